The molecule has 1 amide bonds. The summed E-state index contributed by atoms with van der Waals surface area (Å²) >= 11 is 3.37. The summed E-state index contributed by atoms with van der Waals surface area (Å²) in [5, 5.41) is 2.62. The summed E-state index contributed by atoms with van der Waals surface area (Å²) < 4.78 is 0.940. The normalized spacial score (nSPS) is 10.1. The van der Waals surface area contributed by atoms with Crippen LogP contribution in [0.3, 0.4) is 0 Å². The van der Waals surface area contributed by atoms with Gasteiger partial charge < -0.3 is 16.0 Å². The minimum absolute atomic E-state index is 0.0132. The van der Waals surface area contributed by atoms with Crippen molar-refractivity contribution in [2.45, 2.75) is 13.3 Å². The topological polar surface area (TPSA) is 58.4 Å². The van der Waals surface area contributed by atoms with Crippen LogP contribution in [0, 0.1) is 0 Å². The Balaban J connectivity index is 2.92. The molecule has 0 aliphatic rings. The van der Waals surface area contributed by atoms with Crippen molar-refractivity contribution in [2.24, 2.45) is 0 Å². The average Bonchev–Trinajstić information content (AvgIpc) is 2.28. The molecule has 0 unspecified atom stereocenters. The first-order valence-electron chi connectivity index (χ1n) is 5.59. The van der Waals surface area contributed by atoms with Crippen LogP contribution < -0.4 is 16.0 Å². The quantitative estimate of drug-likeness (QED) is 0.818. The number of nitrogens with two attached hydrogens (primary N) is 1. The fourth-order valence-corrected chi connectivity index (χ4v) is 2.00. The number of hydrogen-bond acceptors (Lipinski definition) is 3. The van der Waals surface area contributed by atoms with Gasteiger partial charge in [0.15, 0.2) is 0 Å². The smallest absolute Gasteiger partial charge is 0.239 e. The monoisotopic (exact) mass is 299 g/mol. The van der Waals surface area contributed by atoms with E-state index in [1.807, 2.05) is 23.1 Å². The van der Waals surface area contributed by atoms with Crippen molar-refractivity contribution in [1.82, 2.24) is 5.32 Å². The molecule has 0 radical (unpaired) electrons. The molecule has 0 aliphatic carbocycles. The second kappa shape index (κ2) is 6.49. The molecule has 5 heteroatoms. The molecule has 1 rings (SSSR count). The van der Waals surface area contributed by atoms with Crippen LogP contribution in [0.4, 0.5) is 11.4 Å². The molecular weight excluding hydrogens is 282 g/mol. The molecular formula is C12H18BrN3O. The Morgan fingerprint density at radius 1 is 1.53 bits per heavy atom. The Morgan fingerprint density at radius 2 is 2.24 bits per heavy atom. The van der Waals surface area contributed by atoms with Crippen LogP contribution in [-0.4, -0.2) is 26.0 Å². The maximum atomic E-state index is 11.4. The minimum Gasteiger partial charge on any atom is -0.397 e. The minimum atomic E-state index is -0.0132. The van der Waals surface area contributed by atoms with Gasteiger partial charge in [0.25, 0.3) is 0 Å². The maximum Gasteiger partial charge on any atom is 0.239 e. The van der Waals surface area contributed by atoms with Gasteiger partial charge in [0.05, 0.1) is 17.9 Å². The van der Waals surface area contributed by atoms with Crippen LogP contribution in [0.25, 0.3) is 0 Å². The fraction of sp³-hybridized carbons (Fsp3) is 0.417. The van der Waals surface area contributed by atoms with E-state index in [0.717, 1.165) is 23.1 Å². The lowest BCUT2D eigenvalue weighted by Gasteiger charge is -2.24. The third-order valence-corrected chi connectivity index (χ3v) is 2.93. The van der Waals surface area contributed by atoms with Crippen LogP contribution in [-0.2, 0) is 4.79 Å². The molecule has 3 N–H and O–H groups in total. The summed E-state index contributed by atoms with van der Waals surface area (Å²) in [6, 6.07) is 5.71. The zero-order valence-corrected chi connectivity index (χ0v) is 11.8. The molecule has 0 atom stereocenters. The lowest BCUT2D eigenvalue weighted by Crippen LogP contribution is -2.36. The van der Waals surface area contributed by atoms with Gasteiger partial charge in [-0.15, -0.1) is 0 Å². The number of likely N-dealkylation sites (N-methyl/N-ethyl adjacent to an activating group) is 1. The van der Waals surface area contributed by atoms with E-state index in [1.165, 1.54) is 0 Å². The molecule has 0 spiro atoms. The fourth-order valence-electron chi connectivity index (χ4n) is 1.62. The van der Waals surface area contributed by atoms with E-state index in [-0.39, 0.29) is 5.91 Å². The highest BCUT2D eigenvalue weighted by Crippen LogP contribution is 2.26. The molecule has 0 aromatic heterocycles. The van der Waals surface area contributed by atoms with Crippen LogP contribution in [0.5, 0.6) is 0 Å². The number of carbonyl (C=O) groups is 1. The first kappa shape index (κ1) is 13.8. The van der Waals surface area contributed by atoms with Gasteiger partial charge in [-0.25, -0.2) is 0 Å². The van der Waals surface area contributed by atoms with E-state index in [0.29, 0.717) is 12.2 Å². The van der Waals surface area contributed by atoms with Crippen molar-refractivity contribution >= 4 is 33.2 Å². The summed E-state index contributed by atoms with van der Waals surface area (Å²) in [6.45, 7) is 3.21. The molecule has 0 heterocycles. The van der Waals surface area contributed by atoms with E-state index in [4.69, 9.17) is 5.73 Å². The molecule has 0 saturated carbocycles. The Bertz CT molecular complexity index is 395. The Hall–Kier alpha value is -1.23. The van der Waals surface area contributed by atoms with Gasteiger partial charge in [-0.1, -0.05) is 22.9 Å². The highest BCUT2D eigenvalue weighted by atomic mass is 79.9. The SMILES string of the molecule is CCCN(CC(=O)NC)c1ccc(Br)cc1N. The first-order chi connectivity index (χ1) is 8.08. The molecule has 0 aliphatic heterocycles. The Morgan fingerprint density at radius 3 is 2.76 bits per heavy atom. The first-order valence-corrected chi connectivity index (χ1v) is 6.38. The zero-order chi connectivity index (χ0) is 12.8. The summed E-state index contributed by atoms with van der Waals surface area (Å²) in [5.74, 6) is -0.0132. The molecule has 94 valence electrons. The third-order valence-electron chi connectivity index (χ3n) is 2.44. The highest BCUT2D eigenvalue weighted by Gasteiger charge is 2.12. The second-order valence-corrected chi connectivity index (χ2v) is 4.71. The van der Waals surface area contributed by atoms with Crippen molar-refractivity contribution in [1.29, 1.82) is 0 Å². The van der Waals surface area contributed by atoms with E-state index in [2.05, 4.69) is 28.2 Å². The molecule has 1 aromatic carbocycles. The number of nitrogens with one attached hydrogen (secondary N) is 1. The number of carbonyl (C=O) groups excluding carboxylic acids is 1. The number of anilines is 2. The Kier molecular flexibility index (Phi) is 5.28. The summed E-state index contributed by atoms with van der Waals surface area (Å²) in [4.78, 5) is 13.4. The molecule has 4 nitrogen and oxygen atoms in total. The predicted octanol–water partition coefficient (Wildman–Crippen LogP) is 1.99. The van der Waals surface area contributed by atoms with E-state index < -0.39 is 0 Å². The van der Waals surface area contributed by atoms with Crippen molar-refractivity contribution in [3.8, 4) is 0 Å². The molecule has 1 aromatic rings. The number of nitrogen functional groups attached to an aromatic ring is 1. The summed E-state index contributed by atoms with van der Waals surface area (Å²) in [6.07, 6.45) is 0.965. The van der Waals surface area contributed by atoms with Crippen LogP contribution in [0.2, 0.25) is 0 Å². The average molecular weight is 300 g/mol. The number of nitrogens with zero attached hydrogens (tertiary/aromatic N) is 1. The highest BCUT2D eigenvalue weighted by molar-refractivity contribution is 9.10. The van der Waals surface area contributed by atoms with Gasteiger partial charge >= 0.3 is 0 Å². The van der Waals surface area contributed by atoms with Crippen molar-refractivity contribution < 1.29 is 4.79 Å². The van der Waals surface area contributed by atoms with Crippen molar-refractivity contribution in [2.75, 3.05) is 30.8 Å². The van der Waals surface area contributed by atoms with Gasteiger partial charge in [-0.3, -0.25) is 4.79 Å². The van der Waals surface area contributed by atoms with Crippen LogP contribution in [0.1, 0.15) is 13.3 Å². The zero-order valence-electron chi connectivity index (χ0n) is 10.2. The number of hydrogen-bond donors (Lipinski definition) is 2. The van der Waals surface area contributed by atoms with Gasteiger partial charge in [0, 0.05) is 18.1 Å². The lowest BCUT2D eigenvalue weighted by molar-refractivity contribution is -0.119. The van der Waals surface area contributed by atoms with E-state index >= 15 is 0 Å². The number of amides is 1. The second-order valence-electron chi connectivity index (χ2n) is 3.80. The maximum absolute atomic E-state index is 11.4. The number of rotatable bonds is 5. The van der Waals surface area contributed by atoms with Crippen molar-refractivity contribution in [3.63, 3.8) is 0 Å². The molecule has 0 fully saturated rings. The van der Waals surface area contributed by atoms with Crippen LogP contribution >= 0.6 is 15.9 Å². The summed E-state index contributed by atoms with van der Waals surface area (Å²) in [5.41, 5.74) is 7.55. The number of halogens is 1. The van der Waals surface area contributed by atoms with E-state index in [9.17, 15) is 4.79 Å². The standard InChI is InChI=1S/C12H18BrN3O/c1-3-6-16(8-12(17)15-2)11-5-4-9(13)7-10(11)14/h4-5,7H,3,6,8,14H2,1-2H3,(H,15,17). The van der Waals surface area contributed by atoms with Crippen LogP contribution in [0.15, 0.2) is 22.7 Å². The van der Waals surface area contributed by atoms with E-state index in [1.54, 1.807) is 7.05 Å². The largest absolute Gasteiger partial charge is 0.397 e. The third kappa shape index (κ3) is 3.93. The molecule has 17 heavy (non-hydrogen) atoms. The predicted molar refractivity (Wildman–Crippen MR) is 75.1 cm³/mol. The van der Waals surface area contributed by atoms with Gasteiger partial charge in [-0.05, 0) is 24.6 Å². The van der Waals surface area contributed by atoms with Gasteiger partial charge in [0.2, 0.25) is 5.91 Å². The van der Waals surface area contributed by atoms with Gasteiger partial charge in [0.1, 0.15) is 0 Å². The summed E-state index contributed by atoms with van der Waals surface area (Å²) in [7, 11) is 1.64. The van der Waals surface area contributed by atoms with Crippen molar-refractivity contribution in [3.05, 3.63) is 22.7 Å². The van der Waals surface area contributed by atoms with Gasteiger partial charge in [-0.2, -0.15) is 0 Å². The lowest BCUT2D eigenvalue weighted by atomic mass is 10.2. The molecule has 0 bridgehead atoms. The number of benzene rings is 1. The Labute approximate surface area is 110 Å². The molecule has 0 saturated heterocycles.